The molecule has 3 aromatic rings. The molecule has 0 aliphatic carbocycles. The standard InChI is InChI=1S/C38H52N4O3S/c1-4-6-20-39-38(43)34-27-37(46(44,45)29-31-16-14-30(3)15-17-31)36(28-35(34)41(5-2)26-25-40-21-10-11-22-40)42-23-18-33(19-24-42)32-12-8-7-9-13-32/h7-9,12-17,27-28,33H,4-6,10-11,18-26,29H2,1-3H3,(H,39,43). The average Bonchev–Trinajstić information content (AvgIpc) is 3.60. The van der Waals surface area contributed by atoms with Crippen LogP contribution < -0.4 is 15.1 Å². The largest absolute Gasteiger partial charge is 0.370 e. The van der Waals surface area contributed by atoms with E-state index in [9.17, 15) is 13.2 Å². The predicted molar refractivity (Wildman–Crippen MR) is 190 cm³/mol. The lowest BCUT2D eigenvalue weighted by Gasteiger charge is -2.36. The van der Waals surface area contributed by atoms with Crippen LogP contribution in [-0.4, -0.2) is 71.6 Å². The van der Waals surface area contributed by atoms with E-state index < -0.39 is 9.84 Å². The zero-order valence-corrected chi connectivity index (χ0v) is 28.8. The third-order valence-electron chi connectivity index (χ3n) is 9.66. The Bertz CT molecular complexity index is 1530. The number of sulfone groups is 1. The summed E-state index contributed by atoms with van der Waals surface area (Å²) in [6.45, 7) is 13.0. The molecule has 2 saturated heterocycles. The van der Waals surface area contributed by atoms with Crippen LogP contribution in [0.2, 0.25) is 0 Å². The Morgan fingerprint density at radius 3 is 2.28 bits per heavy atom. The van der Waals surface area contributed by atoms with Crippen molar-refractivity contribution >= 4 is 27.1 Å². The second-order valence-electron chi connectivity index (χ2n) is 13.0. The number of carbonyl (C=O) groups is 1. The van der Waals surface area contributed by atoms with E-state index in [4.69, 9.17) is 0 Å². The number of rotatable bonds is 14. The fraction of sp³-hybridized carbons (Fsp3) is 0.500. The lowest BCUT2D eigenvalue weighted by molar-refractivity contribution is 0.0953. The molecule has 1 N–H and O–H groups in total. The molecule has 0 radical (unpaired) electrons. The number of nitrogens with zero attached hydrogens (tertiary/aromatic N) is 3. The van der Waals surface area contributed by atoms with Crippen molar-refractivity contribution in [2.24, 2.45) is 0 Å². The first-order chi connectivity index (χ1) is 22.3. The van der Waals surface area contributed by atoms with Gasteiger partial charge in [0, 0.05) is 39.3 Å². The number of benzene rings is 3. The molecule has 0 saturated carbocycles. The van der Waals surface area contributed by atoms with Crippen molar-refractivity contribution in [1.29, 1.82) is 0 Å². The number of aryl methyl sites for hydroxylation is 1. The zero-order chi connectivity index (χ0) is 32.5. The van der Waals surface area contributed by atoms with Gasteiger partial charge in [-0.3, -0.25) is 4.79 Å². The van der Waals surface area contributed by atoms with Crippen LogP contribution in [0.3, 0.4) is 0 Å². The molecule has 0 aromatic heterocycles. The summed E-state index contributed by atoms with van der Waals surface area (Å²) in [4.78, 5) is 21.1. The molecule has 7 nitrogen and oxygen atoms in total. The highest BCUT2D eigenvalue weighted by Crippen LogP contribution is 2.39. The van der Waals surface area contributed by atoms with Crippen LogP contribution in [0.1, 0.15) is 85.3 Å². The van der Waals surface area contributed by atoms with Crippen LogP contribution in [0, 0.1) is 6.92 Å². The molecule has 2 aliphatic heterocycles. The monoisotopic (exact) mass is 644 g/mol. The third kappa shape index (κ3) is 8.51. The molecule has 5 rings (SSSR count). The van der Waals surface area contributed by atoms with Crippen molar-refractivity contribution in [2.75, 3.05) is 62.2 Å². The number of hydrogen-bond donors (Lipinski definition) is 1. The van der Waals surface area contributed by atoms with Gasteiger partial charge in [0.2, 0.25) is 0 Å². The minimum atomic E-state index is -3.78. The van der Waals surface area contributed by atoms with Gasteiger partial charge in [0.1, 0.15) is 0 Å². The van der Waals surface area contributed by atoms with Crippen molar-refractivity contribution in [2.45, 2.75) is 75.9 Å². The molecule has 0 unspecified atom stereocenters. The number of anilines is 2. The summed E-state index contributed by atoms with van der Waals surface area (Å²) < 4.78 is 28.7. The van der Waals surface area contributed by atoms with E-state index in [-0.39, 0.29) is 16.6 Å². The van der Waals surface area contributed by atoms with Gasteiger partial charge in [-0.1, -0.05) is 73.5 Å². The Labute approximate surface area is 276 Å². The first-order valence-electron chi connectivity index (χ1n) is 17.3. The second kappa shape index (κ2) is 16.0. The number of piperidine rings is 1. The maximum absolute atomic E-state index is 14.3. The minimum absolute atomic E-state index is 0.108. The minimum Gasteiger partial charge on any atom is -0.370 e. The van der Waals surface area contributed by atoms with Gasteiger partial charge in [0.15, 0.2) is 9.84 Å². The van der Waals surface area contributed by atoms with Crippen molar-refractivity contribution in [1.82, 2.24) is 10.2 Å². The Morgan fingerprint density at radius 1 is 0.935 bits per heavy atom. The SMILES string of the molecule is CCCCNC(=O)c1cc(S(=O)(=O)Cc2ccc(C)cc2)c(N2CCC(c3ccccc3)CC2)cc1N(CC)CCN1CCCC1. The van der Waals surface area contributed by atoms with Crippen LogP contribution >= 0.6 is 0 Å². The fourth-order valence-corrected chi connectivity index (χ4v) is 8.44. The van der Waals surface area contributed by atoms with Gasteiger partial charge in [-0.2, -0.15) is 0 Å². The summed E-state index contributed by atoms with van der Waals surface area (Å²) in [5.41, 5.74) is 5.17. The molecule has 248 valence electrons. The van der Waals surface area contributed by atoms with Crippen molar-refractivity contribution < 1.29 is 13.2 Å². The van der Waals surface area contributed by atoms with Gasteiger partial charge in [-0.05, 0) is 88.2 Å². The number of unbranched alkanes of at least 4 members (excludes halogenated alkanes) is 1. The molecule has 1 amide bonds. The lowest BCUT2D eigenvalue weighted by atomic mass is 9.89. The number of nitrogens with one attached hydrogen (secondary N) is 1. The summed E-state index contributed by atoms with van der Waals surface area (Å²) in [7, 11) is -3.78. The molecular formula is C38H52N4O3S. The molecule has 8 heteroatoms. The zero-order valence-electron chi connectivity index (χ0n) is 28.0. The van der Waals surface area contributed by atoms with Gasteiger partial charge in [0.25, 0.3) is 5.91 Å². The first-order valence-corrected chi connectivity index (χ1v) is 19.0. The van der Waals surface area contributed by atoms with Crippen molar-refractivity contribution in [3.8, 4) is 0 Å². The van der Waals surface area contributed by atoms with E-state index in [1.54, 1.807) is 6.07 Å². The normalized spacial score (nSPS) is 16.1. The highest BCUT2D eigenvalue weighted by atomic mass is 32.2. The summed E-state index contributed by atoms with van der Waals surface area (Å²) >= 11 is 0. The van der Waals surface area contributed by atoms with Gasteiger partial charge < -0.3 is 20.0 Å². The van der Waals surface area contributed by atoms with Gasteiger partial charge in [-0.15, -0.1) is 0 Å². The molecule has 2 aliphatic rings. The van der Waals surface area contributed by atoms with E-state index in [0.29, 0.717) is 18.0 Å². The molecule has 3 aromatic carbocycles. The van der Waals surface area contributed by atoms with Crippen LogP contribution in [-0.2, 0) is 15.6 Å². The van der Waals surface area contributed by atoms with Crippen LogP contribution in [0.25, 0.3) is 0 Å². The van der Waals surface area contributed by atoms with E-state index >= 15 is 0 Å². The summed E-state index contributed by atoms with van der Waals surface area (Å²) in [5.74, 6) is 0.133. The van der Waals surface area contributed by atoms with Gasteiger partial charge in [-0.25, -0.2) is 8.42 Å². The number of hydrogen-bond acceptors (Lipinski definition) is 6. The highest BCUT2D eigenvalue weighted by molar-refractivity contribution is 7.90. The molecule has 0 spiro atoms. The predicted octanol–water partition coefficient (Wildman–Crippen LogP) is 6.80. The average molecular weight is 645 g/mol. The van der Waals surface area contributed by atoms with Crippen molar-refractivity contribution in [3.05, 3.63) is 89.0 Å². The van der Waals surface area contributed by atoms with Gasteiger partial charge in [0.05, 0.1) is 27.6 Å². The smallest absolute Gasteiger partial charge is 0.253 e. The Morgan fingerprint density at radius 2 is 1.63 bits per heavy atom. The third-order valence-corrected chi connectivity index (χ3v) is 11.4. The molecule has 2 heterocycles. The maximum Gasteiger partial charge on any atom is 0.253 e. The lowest BCUT2D eigenvalue weighted by Crippen LogP contribution is -2.37. The Kier molecular flexibility index (Phi) is 11.8. The van der Waals surface area contributed by atoms with Crippen molar-refractivity contribution in [3.63, 3.8) is 0 Å². The van der Waals surface area contributed by atoms with E-state index in [1.165, 1.54) is 18.4 Å². The Balaban J connectivity index is 1.55. The fourth-order valence-electron chi connectivity index (χ4n) is 6.85. The molecule has 0 atom stereocenters. The quantitative estimate of drug-likeness (QED) is 0.195. The maximum atomic E-state index is 14.3. The topological polar surface area (TPSA) is 73.0 Å². The molecule has 46 heavy (non-hydrogen) atoms. The number of likely N-dealkylation sites (tertiary alicyclic amines) is 1. The summed E-state index contributed by atoms with van der Waals surface area (Å²) in [5, 5.41) is 3.09. The first kappa shape index (κ1) is 34.0. The molecule has 0 bridgehead atoms. The second-order valence-corrected chi connectivity index (χ2v) is 14.9. The molecular weight excluding hydrogens is 593 g/mol. The van der Waals surface area contributed by atoms with Crippen LogP contribution in [0.4, 0.5) is 11.4 Å². The molecule has 2 fully saturated rings. The number of amides is 1. The highest BCUT2D eigenvalue weighted by Gasteiger charge is 2.31. The van der Waals surface area contributed by atoms with E-state index in [2.05, 4.69) is 64.2 Å². The van der Waals surface area contributed by atoms with Crippen LogP contribution in [0.15, 0.2) is 71.6 Å². The number of likely N-dealkylation sites (N-methyl/N-ethyl adjacent to an activating group) is 1. The summed E-state index contributed by atoms with van der Waals surface area (Å²) in [6, 6.07) is 22.0. The Hall–Kier alpha value is -3.36. The van der Waals surface area contributed by atoms with Crippen LogP contribution in [0.5, 0.6) is 0 Å². The van der Waals surface area contributed by atoms with E-state index in [1.807, 2.05) is 37.3 Å². The number of carbonyl (C=O) groups excluding carboxylic acids is 1. The van der Waals surface area contributed by atoms with Gasteiger partial charge >= 0.3 is 0 Å². The summed E-state index contributed by atoms with van der Waals surface area (Å²) in [6.07, 6.45) is 6.20. The van der Waals surface area contributed by atoms with E-state index in [0.717, 1.165) is 94.0 Å².